The van der Waals surface area contributed by atoms with Gasteiger partial charge in [0.15, 0.2) is 11.1 Å². The van der Waals surface area contributed by atoms with Crippen LogP contribution in [0, 0.1) is 22.7 Å². The number of rotatable bonds is 12. The summed E-state index contributed by atoms with van der Waals surface area (Å²) in [5.74, 6) is 0. The highest BCUT2D eigenvalue weighted by Crippen LogP contribution is 2.28. The smallest absolute Gasteiger partial charge is 0.166 e. The summed E-state index contributed by atoms with van der Waals surface area (Å²) in [6.45, 7) is 17.8. The summed E-state index contributed by atoms with van der Waals surface area (Å²) in [6.07, 6.45) is 3.11. The van der Waals surface area contributed by atoms with Gasteiger partial charge in [0.05, 0.1) is 12.1 Å². The van der Waals surface area contributed by atoms with Gasteiger partial charge >= 0.3 is 0 Å². The van der Waals surface area contributed by atoms with Gasteiger partial charge in [0.25, 0.3) is 0 Å². The summed E-state index contributed by atoms with van der Waals surface area (Å²) in [6, 6.07) is 4.56. The van der Waals surface area contributed by atoms with Crippen molar-refractivity contribution in [2.24, 2.45) is 10.2 Å². The molecule has 6 heteroatoms. The first-order valence-electron chi connectivity index (χ1n) is 9.63. The van der Waals surface area contributed by atoms with Crippen LogP contribution in [0.2, 0.25) is 0 Å². The van der Waals surface area contributed by atoms with Crippen LogP contribution >= 0.6 is 0 Å². The zero-order chi connectivity index (χ0) is 20.5. The molecule has 2 unspecified atom stereocenters. The van der Waals surface area contributed by atoms with Gasteiger partial charge < -0.3 is 10.6 Å². The Morgan fingerprint density at radius 2 is 1.00 bits per heavy atom. The third-order valence-electron chi connectivity index (χ3n) is 4.25. The molecule has 148 valence electrons. The number of nitriles is 2. The van der Waals surface area contributed by atoms with E-state index in [0.717, 1.165) is 25.9 Å². The third kappa shape index (κ3) is 9.27. The summed E-state index contributed by atoms with van der Waals surface area (Å²) in [4.78, 5) is 0. The molecule has 0 radical (unpaired) electrons. The lowest BCUT2D eigenvalue weighted by Gasteiger charge is -2.33. The fourth-order valence-corrected chi connectivity index (χ4v) is 3.19. The third-order valence-corrected chi connectivity index (χ3v) is 4.25. The number of hydrogen-bond donors (Lipinski definition) is 2. The van der Waals surface area contributed by atoms with Gasteiger partial charge in [-0.2, -0.15) is 20.8 Å². The van der Waals surface area contributed by atoms with Crippen LogP contribution in [0.3, 0.4) is 0 Å². The van der Waals surface area contributed by atoms with Crippen LogP contribution in [-0.4, -0.2) is 35.2 Å². The first kappa shape index (κ1) is 24.5. The van der Waals surface area contributed by atoms with E-state index < -0.39 is 11.1 Å². The predicted octanol–water partition coefficient (Wildman–Crippen LogP) is 4.34. The van der Waals surface area contributed by atoms with Crippen LogP contribution in [-0.2, 0) is 0 Å². The van der Waals surface area contributed by atoms with Crippen molar-refractivity contribution in [3.05, 3.63) is 0 Å². The van der Waals surface area contributed by atoms with E-state index in [9.17, 15) is 10.5 Å². The van der Waals surface area contributed by atoms with Crippen LogP contribution < -0.4 is 10.6 Å². The maximum Gasteiger partial charge on any atom is 0.166 e. The zero-order valence-corrected chi connectivity index (χ0v) is 18.0. The highest BCUT2D eigenvalue weighted by molar-refractivity contribution is 5.11. The summed E-state index contributed by atoms with van der Waals surface area (Å²) >= 11 is 0. The second-order valence-electron chi connectivity index (χ2n) is 8.95. The molecular formula is C20H38N6. The van der Waals surface area contributed by atoms with Crippen molar-refractivity contribution >= 4 is 0 Å². The lowest BCUT2D eigenvalue weighted by molar-refractivity contribution is 0.284. The van der Waals surface area contributed by atoms with Crippen LogP contribution in [0.5, 0.6) is 0 Å². The zero-order valence-electron chi connectivity index (χ0n) is 18.0. The number of azo groups is 1. The van der Waals surface area contributed by atoms with Crippen molar-refractivity contribution < 1.29 is 0 Å². The SMILES string of the molecule is CCCNC(C)(C)CC(C)(C#N)N=NC(C)(C#N)CC(C)(C)NCCC. The molecule has 0 fully saturated rings. The molecule has 0 amide bonds. The first-order chi connectivity index (χ1) is 11.9. The summed E-state index contributed by atoms with van der Waals surface area (Å²) in [5, 5.41) is 34.9. The minimum absolute atomic E-state index is 0.232. The Morgan fingerprint density at radius 1 is 0.692 bits per heavy atom. The van der Waals surface area contributed by atoms with Gasteiger partial charge in [-0.3, -0.25) is 0 Å². The Labute approximate surface area is 160 Å². The molecule has 0 aliphatic rings. The predicted molar refractivity (Wildman–Crippen MR) is 107 cm³/mol. The highest BCUT2D eigenvalue weighted by Gasteiger charge is 2.36. The Balaban J connectivity index is 5.28. The number of nitrogens with one attached hydrogen (secondary N) is 2. The van der Waals surface area contributed by atoms with Crippen LogP contribution in [0.4, 0.5) is 0 Å². The largest absolute Gasteiger partial charge is 0.312 e. The molecule has 0 aliphatic carbocycles. The molecule has 0 aromatic carbocycles. The molecule has 0 bridgehead atoms. The summed E-state index contributed by atoms with van der Waals surface area (Å²) in [5.41, 5.74) is -2.40. The van der Waals surface area contributed by atoms with Crippen molar-refractivity contribution in [3.8, 4) is 12.1 Å². The van der Waals surface area contributed by atoms with Gasteiger partial charge in [-0.1, -0.05) is 13.8 Å². The molecule has 26 heavy (non-hydrogen) atoms. The Hall–Kier alpha value is -1.50. The minimum atomic E-state index is -0.969. The molecule has 6 nitrogen and oxygen atoms in total. The molecule has 0 spiro atoms. The second-order valence-corrected chi connectivity index (χ2v) is 8.95. The van der Waals surface area contributed by atoms with E-state index in [2.05, 4.69) is 74.5 Å². The van der Waals surface area contributed by atoms with E-state index in [1.807, 2.05) is 0 Å². The molecule has 0 saturated carbocycles. The van der Waals surface area contributed by atoms with Gasteiger partial charge in [-0.25, -0.2) is 0 Å². The van der Waals surface area contributed by atoms with Gasteiger partial charge in [0, 0.05) is 23.9 Å². The van der Waals surface area contributed by atoms with E-state index >= 15 is 0 Å². The van der Waals surface area contributed by atoms with Crippen molar-refractivity contribution in [1.29, 1.82) is 10.5 Å². The first-order valence-corrected chi connectivity index (χ1v) is 9.63. The maximum atomic E-state index is 9.67. The molecule has 0 saturated heterocycles. The molecule has 0 heterocycles. The van der Waals surface area contributed by atoms with E-state index in [1.165, 1.54) is 0 Å². The van der Waals surface area contributed by atoms with Gasteiger partial charge in [0.1, 0.15) is 0 Å². The van der Waals surface area contributed by atoms with Crippen molar-refractivity contribution in [3.63, 3.8) is 0 Å². The minimum Gasteiger partial charge on any atom is -0.312 e. The van der Waals surface area contributed by atoms with E-state index in [-0.39, 0.29) is 11.1 Å². The molecule has 0 aromatic heterocycles. The van der Waals surface area contributed by atoms with E-state index in [0.29, 0.717) is 12.8 Å². The molecule has 0 aromatic rings. The maximum absolute atomic E-state index is 9.67. The van der Waals surface area contributed by atoms with Crippen LogP contribution in [0.25, 0.3) is 0 Å². The summed E-state index contributed by atoms with van der Waals surface area (Å²) < 4.78 is 0. The Bertz CT molecular complexity index is 491. The van der Waals surface area contributed by atoms with Gasteiger partial charge in [-0.15, -0.1) is 0 Å². The van der Waals surface area contributed by atoms with E-state index in [1.54, 1.807) is 13.8 Å². The summed E-state index contributed by atoms with van der Waals surface area (Å²) in [7, 11) is 0. The average molecular weight is 363 g/mol. The monoisotopic (exact) mass is 362 g/mol. The molecule has 0 rings (SSSR count). The number of hydrogen-bond acceptors (Lipinski definition) is 6. The quantitative estimate of drug-likeness (QED) is 0.505. The standard InChI is InChI=1S/C20H38N6/c1-9-11-23-17(3,4)13-19(7,15-21)25-26-20(8,16-22)14-18(5,6)24-12-10-2/h23-24H,9-14H2,1-8H3. The molecule has 2 atom stereocenters. The van der Waals surface area contributed by atoms with Crippen molar-refractivity contribution in [2.75, 3.05) is 13.1 Å². The lowest BCUT2D eigenvalue weighted by Crippen LogP contribution is -2.46. The molecular weight excluding hydrogens is 324 g/mol. The fraction of sp³-hybridized carbons (Fsp3) is 0.900. The van der Waals surface area contributed by atoms with Crippen molar-refractivity contribution in [2.45, 2.75) is 103 Å². The second kappa shape index (κ2) is 10.00. The van der Waals surface area contributed by atoms with Gasteiger partial charge in [-0.05, 0) is 67.5 Å². The van der Waals surface area contributed by atoms with Crippen LogP contribution in [0.15, 0.2) is 10.2 Å². The normalized spacial score (nSPS) is 17.3. The van der Waals surface area contributed by atoms with Gasteiger partial charge in [0.2, 0.25) is 0 Å². The molecule has 0 aliphatic heterocycles. The number of nitrogens with zero attached hydrogens (tertiary/aromatic N) is 4. The Kier molecular flexibility index (Phi) is 9.42. The lowest BCUT2D eigenvalue weighted by atomic mass is 9.86. The van der Waals surface area contributed by atoms with E-state index in [4.69, 9.17) is 0 Å². The van der Waals surface area contributed by atoms with Crippen LogP contribution in [0.1, 0.15) is 81.1 Å². The fourth-order valence-electron chi connectivity index (χ4n) is 3.19. The Morgan fingerprint density at radius 3 is 1.23 bits per heavy atom. The topological polar surface area (TPSA) is 96.4 Å². The highest BCUT2D eigenvalue weighted by atomic mass is 15.2. The average Bonchev–Trinajstić information content (AvgIpc) is 2.56. The van der Waals surface area contributed by atoms with Crippen molar-refractivity contribution in [1.82, 2.24) is 10.6 Å². The molecule has 2 N–H and O–H groups in total.